The summed E-state index contributed by atoms with van der Waals surface area (Å²) in [6, 6.07) is 0.410. The van der Waals surface area contributed by atoms with Crippen LogP contribution < -0.4 is 16.8 Å². The number of hydrogen-bond acceptors (Lipinski definition) is 4. The van der Waals surface area contributed by atoms with Crippen LogP contribution in [0.4, 0.5) is 0 Å². The second-order valence-corrected chi connectivity index (χ2v) is 3.05. The molecule has 1 fully saturated rings. The minimum atomic E-state index is 0.107. The molecule has 11 heavy (non-hydrogen) atoms. The maximum atomic E-state index is 5.81. The zero-order chi connectivity index (χ0) is 8.27. The van der Waals surface area contributed by atoms with Gasteiger partial charge >= 0.3 is 0 Å². The standard InChI is InChI=1S/C7H18N4/c1-6-7(9)10-3-5-11(6)4-2-8/h6-7,10H,2-5,8-9H2,1H3. The largest absolute Gasteiger partial charge is 0.329 e. The second kappa shape index (κ2) is 4.01. The molecule has 5 N–H and O–H groups in total. The third-order valence-electron chi connectivity index (χ3n) is 2.29. The average Bonchev–Trinajstić information content (AvgIpc) is 1.99. The lowest BCUT2D eigenvalue weighted by Gasteiger charge is -2.37. The van der Waals surface area contributed by atoms with E-state index >= 15 is 0 Å². The van der Waals surface area contributed by atoms with E-state index in [1.165, 1.54) is 0 Å². The Balaban J connectivity index is 2.38. The molecule has 2 unspecified atom stereocenters. The number of nitrogens with zero attached hydrogens (tertiary/aromatic N) is 1. The molecule has 1 aliphatic rings. The highest BCUT2D eigenvalue weighted by molar-refractivity contribution is 4.82. The van der Waals surface area contributed by atoms with Crippen molar-refractivity contribution in [1.29, 1.82) is 0 Å². The third kappa shape index (κ3) is 2.13. The van der Waals surface area contributed by atoms with E-state index in [0.29, 0.717) is 6.04 Å². The Kier molecular flexibility index (Phi) is 3.26. The molecule has 0 aromatic carbocycles. The number of nitrogens with two attached hydrogens (primary N) is 2. The van der Waals surface area contributed by atoms with Gasteiger partial charge in [0.25, 0.3) is 0 Å². The van der Waals surface area contributed by atoms with Gasteiger partial charge in [0, 0.05) is 32.2 Å². The predicted molar refractivity (Wildman–Crippen MR) is 46.1 cm³/mol. The molecule has 0 aromatic rings. The first-order valence-electron chi connectivity index (χ1n) is 4.19. The van der Waals surface area contributed by atoms with Gasteiger partial charge in [-0.15, -0.1) is 0 Å². The van der Waals surface area contributed by atoms with Gasteiger partial charge < -0.3 is 11.5 Å². The van der Waals surface area contributed by atoms with Crippen LogP contribution in [0.3, 0.4) is 0 Å². The molecule has 0 aromatic heterocycles. The summed E-state index contributed by atoms with van der Waals surface area (Å²) in [6.45, 7) is 5.84. The Hall–Kier alpha value is -0.160. The molecular weight excluding hydrogens is 140 g/mol. The smallest absolute Gasteiger partial charge is 0.0704 e. The van der Waals surface area contributed by atoms with Crippen LogP contribution in [0.2, 0.25) is 0 Å². The summed E-state index contributed by atoms with van der Waals surface area (Å²) in [7, 11) is 0. The van der Waals surface area contributed by atoms with Gasteiger partial charge in [-0.1, -0.05) is 0 Å². The summed E-state index contributed by atoms with van der Waals surface area (Å²) < 4.78 is 0. The van der Waals surface area contributed by atoms with Crippen molar-refractivity contribution in [3.05, 3.63) is 0 Å². The third-order valence-corrected chi connectivity index (χ3v) is 2.29. The van der Waals surface area contributed by atoms with E-state index < -0.39 is 0 Å². The van der Waals surface area contributed by atoms with Crippen LogP contribution in [0.5, 0.6) is 0 Å². The van der Waals surface area contributed by atoms with Gasteiger partial charge in [0.15, 0.2) is 0 Å². The van der Waals surface area contributed by atoms with Gasteiger partial charge in [-0.25, -0.2) is 0 Å². The van der Waals surface area contributed by atoms with Gasteiger partial charge in [0.1, 0.15) is 0 Å². The quantitative estimate of drug-likeness (QED) is 0.459. The zero-order valence-corrected chi connectivity index (χ0v) is 7.09. The zero-order valence-electron chi connectivity index (χ0n) is 7.09. The summed E-state index contributed by atoms with van der Waals surface area (Å²) >= 11 is 0. The molecule has 0 radical (unpaired) electrons. The van der Waals surface area contributed by atoms with Gasteiger partial charge in [0.2, 0.25) is 0 Å². The predicted octanol–water partition coefficient (Wildman–Crippen LogP) is -1.48. The van der Waals surface area contributed by atoms with Crippen molar-refractivity contribution in [3.8, 4) is 0 Å². The molecular formula is C7H18N4. The van der Waals surface area contributed by atoms with Crippen molar-refractivity contribution in [2.75, 3.05) is 26.2 Å². The van der Waals surface area contributed by atoms with Gasteiger partial charge in [-0.3, -0.25) is 10.2 Å². The van der Waals surface area contributed by atoms with E-state index in [-0.39, 0.29) is 6.17 Å². The fourth-order valence-corrected chi connectivity index (χ4v) is 1.46. The van der Waals surface area contributed by atoms with Gasteiger partial charge in [-0.05, 0) is 6.92 Å². The lowest BCUT2D eigenvalue weighted by molar-refractivity contribution is 0.137. The van der Waals surface area contributed by atoms with Crippen LogP contribution in [0, 0.1) is 0 Å². The highest BCUT2D eigenvalue weighted by atomic mass is 15.3. The SMILES string of the molecule is CC1C(N)NCCN1CCN. The van der Waals surface area contributed by atoms with Crippen molar-refractivity contribution in [2.24, 2.45) is 11.5 Å². The molecule has 2 atom stereocenters. The number of nitrogens with one attached hydrogen (secondary N) is 1. The van der Waals surface area contributed by atoms with E-state index in [4.69, 9.17) is 11.5 Å². The second-order valence-electron chi connectivity index (χ2n) is 3.05. The van der Waals surface area contributed by atoms with Crippen molar-refractivity contribution in [2.45, 2.75) is 19.1 Å². The van der Waals surface area contributed by atoms with Crippen LogP contribution in [-0.4, -0.2) is 43.3 Å². The molecule has 4 heteroatoms. The molecule has 1 heterocycles. The van der Waals surface area contributed by atoms with E-state index in [0.717, 1.165) is 26.2 Å². The van der Waals surface area contributed by atoms with Crippen molar-refractivity contribution in [1.82, 2.24) is 10.2 Å². The Morgan fingerprint density at radius 2 is 2.36 bits per heavy atom. The molecule has 0 spiro atoms. The highest BCUT2D eigenvalue weighted by Gasteiger charge is 2.23. The van der Waals surface area contributed by atoms with E-state index in [1.54, 1.807) is 0 Å². The molecule has 0 aliphatic carbocycles. The minimum absolute atomic E-state index is 0.107. The normalized spacial score (nSPS) is 34.1. The monoisotopic (exact) mass is 158 g/mol. The van der Waals surface area contributed by atoms with Crippen LogP contribution in [0.1, 0.15) is 6.92 Å². The molecule has 1 rings (SSSR count). The first kappa shape index (κ1) is 8.93. The average molecular weight is 158 g/mol. The Bertz CT molecular complexity index is 115. The Morgan fingerprint density at radius 1 is 1.64 bits per heavy atom. The summed E-state index contributed by atoms with van der Waals surface area (Å²) in [6.07, 6.45) is 0.107. The summed E-state index contributed by atoms with van der Waals surface area (Å²) in [5.74, 6) is 0. The van der Waals surface area contributed by atoms with Gasteiger partial charge in [-0.2, -0.15) is 0 Å². The molecule has 4 nitrogen and oxygen atoms in total. The van der Waals surface area contributed by atoms with E-state index in [1.807, 2.05) is 0 Å². The Morgan fingerprint density at radius 3 is 3.00 bits per heavy atom. The van der Waals surface area contributed by atoms with Crippen molar-refractivity contribution in [3.63, 3.8) is 0 Å². The molecule has 0 amide bonds. The van der Waals surface area contributed by atoms with Crippen molar-refractivity contribution < 1.29 is 0 Å². The molecule has 1 aliphatic heterocycles. The van der Waals surface area contributed by atoms with Crippen LogP contribution in [-0.2, 0) is 0 Å². The number of hydrogen-bond donors (Lipinski definition) is 3. The Labute approximate surface area is 67.9 Å². The van der Waals surface area contributed by atoms with Gasteiger partial charge in [0.05, 0.1) is 6.17 Å². The summed E-state index contributed by atoms with van der Waals surface area (Å²) in [5.41, 5.74) is 11.3. The molecule has 1 saturated heterocycles. The van der Waals surface area contributed by atoms with E-state index in [9.17, 15) is 0 Å². The molecule has 0 bridgehead atoms. The maximum Gasteiger partial charge on any atom is 0.0704 e. The first-order chi connectivity index (χ1) is 5.25. The fraction of sp³-hybridized carbons (Fsp3) is 1.00. The maximum absolute atomic E-state index is 5.81. The number of piperazine rings is 1. The van der Waals surface area contributed by atoms with Crippen LogP contribution >= 0.6 is 0 Å². The molecule has 0 saturated carbocycles. The topological polar surface area (TPSA) is 67.3 Å². The summed E-state index contributed by atoms with van der Waals surface area (Å²) in [4.78, 5) is 2.32. The lowest BCUT2D eigenvalue weighted by Crippen LogP contribution is -2.61. The van der Waals surface area contributed by atoms with Crippen LogP contribution in [0.15, 0.2) is 0 Å². The molecule has 66 valence electrons. The van der Waals surface area contributed by atoms with E-state index in [2.05, 4.69) is 17.1 Å². The minimum Gasteiger partial charge on any atom is -0.329 e. The van der Waals surface area contributed by atoms with Crippen molar-refractivity contribution >= 4 is 0 Å². The number of rotatable bonds is 2. The lowest BCUT2D eigenvalue weighted by atomic mass is 10.1. The van der Waals surface area contributed by atoms with Crippen LogP contribution in [0.25, 0.3) is 0 Å². The first-order valence-corrected chi connectivity index (χ1v) is 4.19. The fourth-order valence-electron chi connectivity index (χ4n) is 1.46. The highest BCUT2D eigenvalue weighted by Crippen LogP contribution is 2.03. The summed E-state index contributed by atoms with van der Waals surface area (Å²) in [5, 5.41) is 3.22.